The summed E-state index contributed by atoms with van der Waals surface area (Å²) in [6, 6.07) is 30.1. The Labute approximate surface area is 397 Å². The molecule has 0 saturated carbocycles. The molecular weight excluding hydrogens is 970 g/mol. The number of esters is 1. The first-order valence-electron chi connectivity index (χ1n) is 21.8. The lowest BCUT2D eigenvalue weighted by Crippen LogP contribution is -2.46. The van der Waals surface area contributed by atoms with E-state index in [-0.39, 0.29) is 42.3 Å². The second kappa shape index (κ2) is 20.8. The molecule has 2 N–H and O–H groups in total. The molecule has 62 heavy (non-hydrogen) atoms. The molecule has 0 unspecified atom stereocenters. The first kappa shape index (κ1) is 49.8. The van der Waals surface area contributed by atoms with E-state index in [0.717, 1.165) is 78.1 Å². The van der Waals surface area contributed by atoms with E-state index >= 15 is 0 Å². The van der Waals surface area contributed by atoms with Gasteiger partial charge in [0, 0.05) is 43.5 Å². The molecule has 0 bridgehead atoms. The van der Waals surface area contributed by atoms with E-state index in [4.69, 9.17) is 9.47 Å². The lowest BCUT2D eigenvalue weighted by atomic mass is 9.68. The van der Waals surface area contributed by atoms with Crippen LogP contribution in [-0.2, 0) is 27.1 Å². The largest absolute Gasteiger partial charge is 0.460 e. The number of piperidine rings is 2. The molecule has 2 aliphatic carbocycles. The molecule has 336 valence electrons. The third-order valence-corrected chi connectivity index (χ3v) is 13.8. The molecule has 2 heterocycles. The Bertz CT molecular complexity index is 2090. The van der Waals surface area contributed by atoms with Crippen molar-refractivity contribution in [2.24, 2.45) is 10.8 Å². The smallest absolute Gasteiger partial charge is 0.408 e. The lowest BCUT2D eigenvalue weighted by molar-refractivity contribution is -0.156. The number of ether oxygens (including phenoxy) is 2. The molecule has 2 atom stereocenters. The Hall–Kier alpha value is -3.18. The Morgan fingerprint density at radius 3 is 1.74 bits per heavy atom. The number of fused-ring (bicyclic) bond motifs is 2. The van der Waals surface area contributed by atoms with Gasteiger partial charge >= 0.3 is 12.1 Å². The van der Waals surface area contributed by atoms with Crippen LogP contribution in [0.25, 0.3) is 0 Å². The van der Waals surface area contributed by atoms with Crippen LogP contribution in [0, 0.1) is 24.7 Å². The number of anilines is 1. The highest BCUT2D eigenvalue weighted by molar-refractivity contribution is 9.11. The maximum absolute atomic E-state index is 12.8. The topological polar surface area (TPSA) is 79.9 Å². The average Bonchev–Trinajstić information content (AvgIpc) is 3.60. The number of nitrogens with zero attached hydrogens (tertiary/aromatic N) is 1. The maximum Gasteiger partial charge on any atom is 0.408 e. The zero-order valence-corrected chi connectivity index (χ0v) is 42.0. The molecule has 4 aliphatic rings. The molecule has 2 saturated heterocycles. The number of amides is 1. The minimum Gasteiger partial charge on any atom is -0.460 e. The van der Waals surface area contributed by atoms with Crippen LogP contribution in [0.15, 0.2) is 98.3 Å². The third kappa shape index (κ3) is 13.0. The normalized spacial score (nSPS) is 19.4. The van der Waals surface area contributed by atoms with Gasteiger partial charge in [-0.2, -0.15) is 0 Å². The van der Waals surface area contributed by atoms with Gasteiger partial charge in [0.25, 0.3) is 0 Å². The molecule has 10 heteroatoms. The first-order chi connectivity index (χ1) is 28.7. The van der Waals surface area contributed by atoms with E-state index in [0.29, 0.717) is 6.42 Å². The fourth-order valence-electron chi connectivity index (χ4n) is 9.91. The van der Waals surface area contributed by atoms with Gasteiger partial charge in [-0.15, -0.1) is 0 Å². The van der Waals surface area contributed by atoms with E-state index in [1.807, 2.05) is 47.6 Å². The fourth-order valence-corrected chi connectivity index (χ4v) is 12.0. The molecular formula is C52H68Br3N3O4. The highest BCUT2D eigenvalue weighted by Gasteiger charge is 2.49. The summed E-state index contributed by atoms with van der Waals surface area (Å²) in [6.45, 7) is 19.8. The minimum atomic E-state index is -0.469. The summed E-state index contributed by atoms with van der Waals surface area (Å²) >= 11 is 10.4. The zero-order valence-electron chi connectivity index (χ0n) is 37.2. The van der Waals surface area contributed by atoms with Crippen molar-refractivity contribution in [1.29, 1.82) is 0 Å². The predicted octanol–water partition coefficient (Wildman–Crippen LogP) is 13.8. The SMILES string of the molecule is C.CC(C)(C)OC(=O)N[C@@H]1c2ccccc2CC12CCNCC2.Cc1cc(Br)cc(Br)c1.Cc1cc(Br)cc(N2CCC3(CC2)Cc2ccccc2[C@H]3CC(=O)OC(C)(C)C)c1. The van der Waals surface area contributed by atoms with Crippen molar-refractivity contribution < 1.29 is 19.1 Å². The van der Waals surface area contributed by atoms with Crippen molar-refractivity contribution >= 4 is 65.5 Å². The summed E-state index contributed by atoms with van der Waals surface area (Å²) in [6.07, 6.45) is 6.65. The number of halogens is 3. The minimum absolute atomic E-state index is 0. The Balaban J connectivity index is 0.000000198. The van der Waals surface area contributed by atoms with Gasteiger partial charge in [-0.05, 0) is 182 Å². The molecule has 2 spiro atoms. The number of hydrogen-bond acceptors (Lipinski definition) is 6. The van der Waals surface area contributed by atoms with Gasteiger partial charge in [-0.3, -0.25) is 4.79 Å². The Morgan fingerprint density at radius 1 is 0.694 bits per heavy atom. The second-order valence-electron chi connectivity index (χ2n) is 19.6. The van der Waals surface area contributed by atoms with Crippen LogP contribution in [0.4, 0.5) is 10.5 Å². The van der Waals surface area contributed by atoms with Gasteiger partial charge in [0.1, 0.15) is 11.2 Å². The third-order valence-electron chi connectivity index (χ3n) is 12.4. The van der Waals surface area contributed by atoms with Crippen LogP contribution in [0.5, 0.6) is 0 Å². The second-order valence-corrected chi connectivity index (χ2v) is 22.3. The quantitative estimate of drug-likeness (QED) is 0.198. The molecule has 0 aromatic heterocycles. The average molecular weight is 1040 g/mol. The van der Waals surface area contributed by atoms with Crippen molar-refractivity contribution in [3.05, 3.63) is 132 Å². The van der Waals surface area contributed by atoms with Gasteiger partial charge in [-0.1, -0.05) is 104 Å². The van der Waals surface area contributed by atoms with Gasteiger partial charge in [-0.25, -0.2) is 4.79 Å². The van der Waals surface area contributed by atoms with E-state index < -0.39 is 11.2 Å². The number of hydrogen-bond donors (Lipinski definition) is 2. The summed E-state index contributed by atoms with van der Waals surface area (Å²) in [7, 11) is 0. The van der Waals surface area contributed by atoms with Crippen LogP contribution in [0.3, 0.4) is 0 Å². The summed E-state index contributed by atoms with van der Waals surface area (Å²) < 4.78 is 14.6. The first-order valence-corrected chi connectivity index (χ1v) is 24.1. The molecule has 2 fully saturated rings. The van der Waals surface area contributed by atoms with Crippen LogP contribution in [0.2, 0.25) is 0 Å². The number of carbonyl (C=O) groups is 2. The Kier molecular flexibility index (Phi) is 16.7. The van der Waals surface area contributed by atoms with E-state index in [2.05, 4.69) is 156 Å². The van der Waals surface area contributed by atoms with Crippen molar-refractivity contribution in [2.75, 3.05) is 31.1 Å². The summed E-state index contributed by atoms with van der Waals surface area (Å²) in [5, 5.41) is 6.59. The fraction of sp³-hybridized carbons (Fsp3) is 0.500. The van der Waals surface area contributed by atoms with Gasteiger partial charge in [0.05, 0.1) is 12.5 Å². The van der Waals surface area contributed by atoms with Crippen LogP contribution >= 0.6 is 47.8 Å². The number of alkyl carbamates (subject to hydrolysis) is 1. The molecule has 4 aromatic rings. The molecule has 2 aliphatic heterocycles. The standard InChI is InChI=1S/C26H32BrNO2.C18H26N2O2.C7H6Br2.CH4/c1-18-13-20(27)15-21(14-18)28-11-9-26(10-12-28)17-19-7-5-6-8-22(19)23(26)16-24(29)30-25(2,3)4;1-17(2,3)22-16(21)20-15-14-7-5-4-6-13(14)12-18(15)8-10-19-11-9-18;1-5-2-6(8)4-7(9)3-5;/h5-8,13-15,23H,9-12,16-17H2,1-4H3;4-7,15,19H,8-12H2,1-3H3,(H,20,21);2-4H,1H3;1H4/t23-;15-;;/m11../s1. The van der Waals surface area contributed by atoms with Crippen LogP contribution in [-0.4, -0.2) is 49.4 Å². The number of rotatable bonds is 4. The monoisotopic (exact) mass is 1040 g/mol. The van der Waals surface area contributed by atoms with Crippen molar-refractivity contribution in [1.82, 2.24) is 10.6 Å². The number of carbonyl (C=O) groups excluding carboxylic acids is 2. The molecule has 7 nitrogen and oxygen atoms in total. The maximum atomic E-state index is 12.8. The summed E-state index contributed by atoms with van der Waals surface area (Å²) in [5.41, 5.74) is 8.59. The number of nitrogens with one attached hydrogen (secondary N) is 2. The van der Waals surface area contributed by atoms with Gasteiger partial charge in [0.2, 0.25) is 0 Å². The molecule has 4 aromatic carbocycles. The number of benzene rings is 4. The highest BCUT2D eigenvalue weighted by atomic mass is 79.9. The molecule has 0 radical (unpaired) electrons. The molecule has 8 rings (SSSR count). The van der Waals surface area contributed by atoms with Gasteiger partial charge < -0.3 is 25.0 Å². The lowest BCUT2D eigenvalue weighted by Gasteiger charge is -2.44. The van der Waals surface area contributed by atoms with Gasteiger partial charge in [0.15, 0.2) is 0 Å². The Morgan fingerprint density at radius 2 is 1.19 bits per heavy atom. The van der Waals surface area contributed by atoms with E-state index in [1.54, 1.807) is 0 Å². The van der Waals surface area contributed by atoms with Crippen molar-refractivity contribution in [3.8, 4) is 0 Å². The van der Waals surface area contributed by atoms with Crippen LogP contribution in [0.1, 0.15) is 126 Å². The van der Waals surface area contributed by atoms with E-state index in [9.17, 15) is 9.59 Å². The summed E-state index contributed by atoms with van der Waals surface area (Å²) in [5.74, 6) is 0.170. The predicted molar refractivity (Wildman–Crippen MR) is 266 cm³/mol. The van der Waals surface area contributed by atoms with Crippen LogP contribution < -0.4 is 15.5 Å². The van der Waals surface area contributed by atoms with Crippen molar-refractivity contribution in [2.45, 2.75) is 131 Å². The molecule has 1 amide bonds. The zero-order chi connectivity index (χ0) is 44.2. The van der Waals surface area contributed by atoms with Crippen molar-refractivity contribution in [3.63, 3.8) is 0 Å². The summed E-state index contributed by atoms with van der Waals surface area (Å²) in [4.78, 5) is 27.6. The highest BCUT2D eigenvalue weighted by Crippen LogP contribution is 2.55. The van der Waals surface area contributed by atoms with E-state index in [1.165, 1.54) is 39.1 Å². The number of aryl methyl sites for hydroxylation is 2.